The van der Waals surface area contributed by atoms with Crippen molar-refractivity contribution in [2.45, 2.75) is 25.8 Å². The monoisotopic (exact) mass is 208 g/mol. The Labute approximate surface area is 91.7 Å². The second kappa shape index (κ2) is 5.07. The molecule has 0 saturated heterocycles. The molecule has 0 saturated carbocycles. The summed E-state index contributed by atoms with van der Waals surface area (Å²) in [6, 6.07) is 2.39. The van der Waals surface area contributed by atoms with E-state index in [1.54, 1.807) is 0 Å². The minimum Gasteiger partial charge on any atom is -0.347 e. The summed E-state index contributed by atoms with van der Waals surface area (Å²) in [6.45, 7) is 4.32. The van der Waals surface area contributed by atoms with Crippen molar-refractivity contribution >= 4 is 5.95 Å². The first-order chi connectivity index (χ1) is 7.06. The molecule has 0 spiro atoms. The summed E-state index contributed by atoms with van der Waals surface area (Å²) in [5, 5.41) is 3.24. The molecule has 1 N–H and O–H groups in total. The fourth-order valence-electron chi connectivity index (χ4n) is 1.34. The first-order valence-corrected chi connectivity index (χ1v) is 5.23. The maximum absolute atomic E-state index is 4.52. The Kier molecular flexibility index (Phi) is 4.03. The summed E-state index contributed by atoms with van der Waals surface area (Å²) < 4.78 is 0. The van der Waals surface area contributed by atoms with Crippen LogP contribution in [0.3, 0.4) is 0 Å². The van der Waals surface area contributed by atoms with Gasteiger partial charge < -0.3 is 10.2 Å². The van der Waals surface area contributed by atoms with Crippen molar-refractivity contribution in [2.75, 3.05) is 26.0 Å². The Hall–Kier alpha value is -1.16. The normalized spacial score (nSPS) is 14.7. The van der Waals surface area contributed by atoms with Gasteiger partial charge in [-0.3, -0.25) is 0 Å². The SMILES string of the molecule is CNC(C)C(C)c1ccnc(N(C)C)n1. The molecule has 1 rings (SSSR count). The summed E-state index contributed by atoms with van der Waals surface area (Å²) >= 11 is 0. The second-order valence-corrected chi connectivity index (χ2v) is 4.04. The predicted molar refractivity (Wildman–Crippen MR) is 63.3 cm³/mol. The van der Waals surface area contributed by atoms with Crippen molar-refractivity contribution in [3.63, 3.8) is 0 Å². The molecule has 1 aromatic rings. The summed E-state index contributed by atoms with van der Waals surface area (Å²) in [4.78, 5) is 10.6. The van der Waals surface area contributed by atoms with Crippen LogP contribution in [0.1, 0.15) is 25.5 Å². The fraction of sp³-hybridized carbons (Fsp3) is 0.636. The van der Waals surface area contributed by atoms with Crippen molar-refractivity contribution in [1.82, 2.24) is 15.3 Å². The molecule has 2 unspecified atom stereocenters. The average molecular weight is 208 g/mol. The van der Waals surface area contributed by atoms with Gasteiger partial charge in [0.2, 0.25) is 5.95 Å². The molecule has 0 amide bonds. The number of hydrogen-bond donors (Lipinski definition) is 1. The van der Waals surface area contributed by atoms with Crippen LogP contribution in [0.4, 0.5) is 5.95 Å². The van der Waals surface area contributed by atoms with Crippen molar-refractivity contribution in [3.8, 4) is 0 Å². The Balaban J connectivity index is 2.90. The summed E-state index contributed by atoms with van der Waals surface area (Å²) in [6.07, 6.45) is 1.82. The molecule has 4 nitrogen and oxygen atoms in total. The molecule has 0 aliphatic heterocycles. The first-order valence-electron chi connectivity index (χ1n) is 5.23. The lowest BCUT2D eigenvalue weighted by molar-refractivity contribution is 0.514. The molecule has 1 heterocycles. The van der Waals surface area contributed by atoms with Gasteiger partial charge in [0, 0.05) is 32.3 Å². The number of aromatic nitrogens is 2. The van der Waals surface area contributed by atoms with E-state index >= 15 is 0 Å². The van der Waals surface area contributed by atoms with E-state index < -0.39 is 0 Å². The number of anilines is 1. The van der Waals surface area contributed by atoms with Crippen LogP contribution in [0.5, 0.6) is 0 Å². The van der Waals surface area contributed by atoms with Crippen molar-refractivity contribution in [2.24, 2.45) is 0 Å². The zero-order valence-electron chi connectivity index (χ0n) is 10.2. The van der Waals surface area contributed by atoms with Crippen LogP contribution < -0.4 is 10.2 Å². The molecular formula is C11H20N4. The number of likely N-dealkylation sites (N-methyl/N-ethyl adjacent to an activating group) is 1. The van der Waals surface area contributed by atoms with E-state index in [2.05, 4.69) is 29.1 Å². The number of rotatable bonds is 4. The van der Waals surface area contributed by atoms with Crippen LogP contribution in [0.25, 0.3) is 0 Å². The smallest absolute Gasteiger partial charge is 0.224 e. The van der Waals surface area contributed by atoms with Gasteiger partial charge in [-0.05, 0) is 20.0 Å². The Bertz CT molecular complexity index is 311. The molecule has 1 aromatic heterocycles. The van der Waals surface area contributed by atoms with Gasteiger partial charge in [-0.2, -0.15) is 0 Å². The highest BCUT2D eigenvalue weighted by Crippen LogP contribution is 2.17. The van der Waals surface area contributed by atoms with E-state index in [1.807, 2.05) is 38.3 Å². The third-order valence-electron chi connectivity index (χ3n) is 2.74. The molecule has 2 atom stereocenters. The van der Waals surface area contributed by atoms with Crippen LogP contribution in [-0.2, 0) is 0 Å². The van der Waals surface area contributed by atoms with Gasteiger partial charge in [-0.15, -0.1) is 0 Å². The molecule has 4 heteroatoms. The topological polar surface area (TPSA) is 41.1 Å². The predicted octanol–water partition coefficient (Wildman–Crippen LogP) is 1.25. The Morgan fingerprint density at radius 3 is 2.53 bits per heavy atom. The maximum atomic E-state index is 4.52. The molecule has 0 aromatic carbocycles. The van der Waals surface area contributed by atoms with Crippen LogP contribution in [0, 0.1) is 0 Å². The molecule has 0 fully saturated rings. The standard InChI is InChI=1S/C11H20N4/c1-8(9(2)12-3)10-6-7-13-11(14-10)15(4)5/h6-9,12H,1-5H3. The van der Waals surface area contributed by atoms with Crippen LogP contribution in [-0.4, -0.2) is 37.2 Å². The first kappa shape index (κ1) is 11.9. The fourth-order valence-corrected chi connectivity index (χ4v) is 1.34. The highest BCUT2D eigenvalue weighted by atomic mass is 15.2. The largest absolute Gasteiger partial charge is 0.347 e. The quantitative estimate of drug-likeness (QED) is 0.808. The van der Waals surface area contributed by atoms with E-state index in [1.165, 1.54) is 0 Å². The van der Waals surface area contributed by atoms with Gasteiger partial charge in [-0.25, -0.2) is 9.97 Å². The lowest BCUT2D eigenvalue weighted by Gasteiger charge is -2.20. The zero-order valence-corrected chi connectivity index (χ0v) is 10.2. The Morgan fingerprint density at radius 2 is 2.00 bits per heavy atom. The van der Waals surface area contributed by atoms with E-state index in [9.17, 15) is 0 Å². The third kappa shape index (κ3) is 2.89. The molecule has 15 heavy (non-hydrogen) atoms. The number of nitrogens with zero attached hydrogens (tertiary/aromatic N) is 3. The maximum Gasteiger partial charge on any atom is 0.224 e. The molecule has 0 radical (unpaired) electrons. The summed E-state index contributed by atoms with van der Waals surface area (Å²) in [5.74, 6) is 1.15. The second-order valence-electron chi connectivity index (χ2n) is 4.04. The minimum atomic E-state index is 0.386. The minimum absolute atomic E-state index is 0.386. The van der Waals surface area contributed by atoms with E-state index in [-0.39, 0.29) is 0 Å². The van der Waals surface area contributed by atoms with Crippen molar-refractivity contribution in [1.29, 1.82) is 0 Å². The highest BCUT2D eigenvalue weighted by Gasteiger charge is 2.14. The zero-order chi connectivity index (χ0) is 11.4. The Morgan fingerprint density at radius 1 is 1.33 bits per heavy atom. The summed E-state index contributed by atoms with van der Waals surface area (Å²) in [5.41, 5.74) is 1.08. The van der Waals surface area contributed by atoms with Gasteiger partial charge >= 0.3 is 0 Å². The van der Waals surface area contributed by atoms with Crippen molar-refractivity contribution < 1.29 is 0 Å². The average Bonchev–Trinajstić information content (AvgIpc) is 2.27. The van der Waals surface area contributed by atoms with Gasteiger partial charge in [0.05, 0.1) is 5.69 Å². The van der Waals surface area contributed by atoms with Crippen LogP contribution in [0.2, 0.25) is 0 Å². The van der Waals surface area contributed by atoms with Crippen LogP contribution >= 0.6 is 0 Å². The van der Waals surface area contributed by atoms with E-state index in [4.69, 9.17) is 0 Å². The van der Waals surface area contributed by atoms with E-state index in [0.29, 0.717) is 12.0 Å². The molecular weight excluding hydrogens is 188 g/mol. The van der Waals surface area contributed by atoms with Gasteiger partial charge in [-0.1, -0.05) is 6.92 Å². The third-order valence-corrected chi connectivity index (χ3v) is 2.74. The summed E-state index contributed by atoms with van der Waals surface area (Å²) in [7, 11) is 5.87. The highest BCUT2D eigenvalue weighted by molar-refractivity contribution is 5.28. The van der Waals surface area contributed by atoms with Crippen LogP contribution in [0.15, 0.2) is 12.3 Å². The van der Waals surface area contributed by atoms with Gasteiger partial charge in [0.15, 0.2) is 0 Å². The van der Waals surface area contributed by atoms with E-state index in [0.717, 1.165) is 11.6 Å². The molecule has 0 aliphatic carbocycles. The van der Waals surface area contributed by atoms with Gasteiger partial charge in [0.25, 0.3) is 0 Å². The lowest BCUT2D eigenvalue weighted by Crippen LogP contribution is -2.28. The lowest BCUT2D eigenvalue weighted by atomic mass is 10.00. The number of nitrogens with one attached hydrogen (secondary N) is 1. The van der Waals surface area contributed by atoms with Crippen molar-refractivity contribution in [3.05, 3.63) is 18.0 Å². The molecule has 0 bridgehead atoms. The van der Waals surface area contributed by atoms with Gasteiger partial charge in [0.1, 0.15) is 0 Å². The molecule has 84 valence electrons. The molecule has 0 aliphatic rings. The number of hydrogen-bond acceptors (Lipinski definition) is 4.